The topological polar surface area (TPSA) is 89.0 Å². The van der Waals surface area contributed by atoms with Gasteiger partial charge in [-0.25, -0.2) is 4.79 Å². The summed E-state index contributed by atoms with van der Waals surface area (Å²) in [4.78, 5) is 23.6. The van der Waals surface area contributed by atoms with E-state index in [1.807, 2.05) is 30.3 Å². The Hall–Kier alpha value is -2.41. The molecule has 0 saturated carbocycles. The van der Waals surface area contributed by atoms with Crippen molar-refractivity contribution in [2.75, 3.05) is 10.6 Å². The zero-order valence-electron chi connectivity index (χ0n) is 12.4. The molecule has 22 heavy (non-hydrogen) atoms. The summed E-state index contributed by atoms with van der Waals surface area (Å²) in [6.45, 7) is 5.28. The Morgan fingerprint density at radius 3 is 2.36 bits per heavy atom. The van der Waals surface area contributed by atoms with Crippen molar-refractivity contribution >= 4 is 35.3 Å². The second kappa shape index (κ2) is 6.57. The molecule has 0 unspecified atom stereocenters. The number of hydrogen-bond acceptors (Lipinski definition) is 6. The first-order valence-corrected chi connectivity index (χ1v) is 6.93. The van der Waals surface area contributed by atoms with Crippen LogP contribution in [0.3, 0.4) is 0 Å². The fraction of sp³-hybridized carbons (Fsp3) is 0.286. The number of aromatic nitrogens is 3. The number of para-hydroxylation sites is 1. The highest BCUT2D eigenvalue weighted by Gasteiger charge is 2.17. The normalized spacial score (nSPS) is 10.9. The maximum Gasteiger partial charge on any atom is 0.414 e. The van der Waals surface area contributed by atoms with E-state index in [-0.39, 0.29) is 17.2 Å². The quantitative estimate of drug-likeness (QED) is 0.897. The highest BCUT2D eigenvalue weighted by atomic mass is 35.5. The lowest BCUT2D eigenvalue weighted by Crippen LogP contribution is -2.28. The Morgan fingerprint density at radius 1 is 1.09 bits per heavy atom. The van der Waals surface area contributed by atoms with Gasteiger partial charge < -0.3 is 10.1 Å². The Balaban J connectivity index is 2.11. The van der Waals surface area contributed by atoms with Gasteiger partial charge in [-0.15, -0.1) is 0 Å². The van der Waals surface area contributed by atoms with Gasteiger partial charge in [0.25, 0.3) is 0 Å². The second-order valence-corrected chi connectivity index (χ2v) is 5.71. The lowest BCUT2D eigenvalue weighted by Gasteiger charge is -2.19. The summed E-state index contributed by atoms with van der Waals surface area (Å²) in [5, 5.41) is 5.34. The number of rotatable bonds is 3. The molecule has 2 rings (SSSR count). The molecule has 0 atom stereocenters. The van der Waals surface area contributed by atoms with Crippen molar-refractivity contribution in [1.82, 2.24) is 15.0 Å². The van der Waals surface area contributed by atoms with E-state index in [0.717, 1.165) is 5.69 Å². The SMILES string of the molecule is CC(C)(C)OC(=O)Nc1nc(Cl)nc(Nc2ccccc2)n1. The molecule has 0 radical (unpaired) electrons. The van der Waals surface area contributed by atoms with E-state index in [0.29, 0.717) is 0 Å². The molecule has 2 aromatic rings. The number of ether oxygens (including phenoxy) is 1. The first-order chi connectivity index (χ1) is 10.3. The van der Waals surface area contributed by atoms with Crippen LogP contribution in [-0.2, 0) is 4.74 Å². The van der Waals surface area contributed by atoms with Crippen molar-refractivity contribution in [3.8, 4) is 0 Å². The fourth-order valence-corrected chi connectivity index (χ4v) is 1.67. The molecule has 7 nitrogen and oxygen atoms in total. The number of carbonyl (C=O) groups is 1. The number of benzene rings is 1. The van der Waals surface area contributed by atoms with Gasteiger partial charge in [-0.3, -0.25) is 5.32 Å². The van der Waals surface area contributed by atoms with Crippen LogP contribution in [-0.4, -0.2) is 26.6 Å². The van der Waals surface area contributed by atoms with Crippen LogP contribution in [0.15, 0.2) is 30.3 Å². The molecule has 2 N–H and O–H groups in total. The average molecular weight is 322 g/mol. The zero-order valence-corrected chi connectivity index (χ0v) is 13.2. The Morgan fingerprint density at radius 2 is 1.73 bits per heavy atom. The van der Waals surface area contributed by atoms with Crippen LogP contribution in [0, 0.1) is 0 Å². The minimum absolute atomic E-state index is 0.00711. The van der Waals surface area contributed by atoms with Crippen LogP contribution in [0.1, 0.15) is 20.8 Å². The van der Waals surface area contributed by atoms with Crippen LogP contribution in [0.25, 0.3) is 0 Å². The molecule has 1 amide bonds. The van der Waals surface area contributed by atoms with Gasteiger partial charge in [-0.2, -0.15) is 15.0 Å². The average Bonchev–Trinajstić information content (AvgIpc) is 2.36. The standard InChI is InChI=1S/C14H16ClN5O2/c1-14(2,3)22-13(21)20-12-18-10(15)17-11(19-12)16-9-7-5-4-6-8-9/h4-8H,1-3H3,(H2,16,17,18,19,20,21). The molecule has 8 heteroatoms. The van der Waals surface area contributed by atoms with Crippen molar-refractivity contribution < 1.29 is 9.53 Å². The van der Waals surface area contributed by atoms with Crippen molar-refractivity contribution in [3.05, 3.63) is 35.6 Å². The van der Waals surface area contributed by atoms with Gasteiger partial charge in [-0.1, -0.05) is 18.2 Å². The van der Waals surface area contributed by atoms with Crippen LogP contribution >= 0.6 is 11.6 Å². The number of hydrogen-bond donors (Lipinski definition) is 2. The Bertz CT molecular complexity index is 658. The van der Waals surface area contributed by atoms with Crippen LogP contribution in [0.2, 0.25) is 5.28 Å². The summed E-state index contributed by atoms with van der Waals surface area (Å²) in [5.74, 6) is 0.227. The first-order valence-electron chi connectivity index (χ1n) is 6.55. The Kier molecular flexibility index (Phi) is 4.77. The van der Waals surface area contributed by atoms with E-state index >= 15 is 0 Å². The van der Waals surface area contributed by atoms with Gasteiger partial charge in [0.2, 0.25) is 17.2 Å². The first kappa shape index (κ1) is 16.0. The maximum absolute atomic E-state index is 11.7. The molecule has 0 aliphatic carbocycles. The predicted octanol–water partition coefficient (Wildman–Crippen LogP) is 3.62. The van der Waals surface area contributed by atoms with E-state index in [9.17, 15) is 4.79 Å². The summed E-state index contributed by atoms with van der Waals surface area (Å²) in [6.07, 6.45) is -0.666. The lowest BCUT2D eigenvalue weighted by molar-refractivity contribution is 0.0634. The van der Waals surface area contributed by atoms with Crippen molar-refractivity contribution in [2.45, 2.75) is 26.4 Å². The zero-order chi connectivity index (χ0) is 16.2. The number of carbonyl (C=O) groups excluding carboxylic acids is 1. The minimum atomic E-state index is -0.666. The molecule has 0 spiro atoms. The largest absolute Gasteiger partial charge is 0.444 e. The summed E-state index contributed by atoms with van der Waals surface area (Å²) in [5.41, 5.74) is 0.166. The van der Waals surface area contributed by atoms with Crippen molar-refractivity contribution in [1.29, 1.82) is 0 Å². The molecule has 0 bridgehead atoms. The molecular formula is C14H16ClN5O2. The third-order valence-corrected chi connectivity index (χ3v) is 2.42. The summed E-state index contributed by atoms with van der Waals surface area (Å²) >= 11 is 5.84. The maximum atomic E-state index is 11.7. The van der Waals surface area contributed by atoms with Crippen LogP contribution < -0.4 is 10.6 Å². The van der Waals surface area contributed by atoms with Gasteiger partial charge in [0.1, 0.15) is 5.60 Å². The van der Waals surface area contributed by atoms with Crippen molar-refractivity contribution in [3.63, 3.8) is 0 Å². The van der Waals surface area contributed by atoms with E-state index in [1.54, 1.807) is 20.8 Å². The molecule has 0 aliphatic rings. The van der Waals surface area contributed by atoms with E-state index < -0.39 is 11.7 Å². The van der Waals surface area contributed by atoms with E-state index in [4.69, 9.17) is 16.3 Å². The smallest absolute Gasteiger partial charge is 0.414 e. The lowest BCUT2D eigenvalue weighted by atomic mass is 10.2. The van der Waals surface area contributed by atoms with Gasteiger partial charge in [-0.05, 0) is 44.5 Å². The van der Waals surface area contributed by atoms with Crippen LogP contribution in [0.5, 0.6) is 0 Å². The Labute approximate surface area is 133 Å². The van der Waals surface area contributed by atoms with Gasteiger partial charge in [0.05, 0.1) is 0 Å². The summed E-state index contributed by atoms with van der Waals surface area (Å²) in [7, 11) is 0. The third-order valence-electron chi connectivity index (χ3n) is 2.25. The molecule has 1 heterocycles. The van der Waals surface area contributed by atoms with Gasteiger partial charge in [0, 0.05) is 5.69 Å². The monoisotopic (exact) mass is 321 g/mol. The fourth-order valence-electron chi connectivity index (χ4n) is 1.51. The van der Waals surface area contributed by atoms with Gasteiger partial charge >= 0.3 is 6.09 Å². The number of amides is 1. The van der Waals surface area contributed by atoms with Gasteiger partial charge in [0.15, 0.2) is 0 Å². The van der Waals surface area contributed by atoms with Crippen LogP contribution in [0.4, 0.5) is 22.4 Å². The molecule has 1 aromatic heterocycles. The number of nitrogens with zero attached hydrogens (tertiary/aromatic N) is 3. The highest BCUT2D eigenvalue weighted by molar-refractivity contribution is 6.28. The highest BCUT2D eigenvalue weighted by Crippen LogP contribution is 2.16. The summed E-state index contributed by atoms with van der Waals surface area (Å²) < 4.78 is 5.13. The van der Waals surface area contributed by atoms with Crippen molar-refractivity contribution in [2.24, 2.45) is 0 Å². The van der Waals surface area contributed by atoms with E-state index in [1.165, 1.54) is 0 Å². The molecule has 116 valence electrons. The number of anilines is 3. The molecular weight excluding hydrogens is 306 g/mol. The molecule has 1 aromatic carbocycles. The summed E-state index contributed by atoms with van der Waals surface area (Å²) in [6, 6.07) is 9.31. The third kappa shape index (κ3) is 5.17. The minimum Gasteiger partial charge on any atom is -0.444 e. The molecule has 0 aliphatic heterocycles. The van der Waals surface area contributed by atoms with E-state index in [2.05, 4.69) is 25.6 Å². The number of halogens is 1. The molecule has 0 fully saturated rings. The predicted molar refractivity (Wildman–Crippen MR) is 84.4 cm³/mol. The number of nitrogens with one attached hydrogen (secondary N) is 2. The molecule has 0 saturated heterocycles. The second-order valence-electron chi connectivity index (χ2n) is 5.37.